The summed E-state index contributed by atoms with van der Waals surface area (Å²) in [4.78, 5) is 27.6. The van der Waals surface area contributed by atoms with Gasteiger partial charge < -0.3 is 19.3 Å². The summed E-state index contributed by atoms with van der Waals surface area (Å²) in [5.74, 6) is 1.81. The maximum atomic E-state index is 13.8. The maximum absolute atomic E-state index is 13.8. The Hall–Kier alpha value is -3.02. The molecule has 6 atom stereocenters. The van der Waals surface area contributed by atoms with E-state index < -0.39 is 11.9 Å². The summed E-state index contributed by atoms with van der Waals surface area (Å²) in [7, 11) is 0. The van der Waals surface area contributed by atoms with E-state index in [9.17, 15) is 14.7 Å². The van der Waals surface area contributed by atoms with Crippen molar-refractivity contribution in [3.05, 3.63) is 46.5 Å². The molecule has 2 saturated carbocycles. The fourth-order valence-corrected chi connectivity index (χ4v) is 9.47. The van der Waals surface area contributed by atoms with E-state index in [2.05, 4.69) is 61.5 Å². The van der Waals surface area contributed by atoms with Crippen LogP contribution in [0.2, 0.25) is 0 Å². The Morgan fingerprint density at radius 3 is 1.90 bits per heavy atom. The highest BCUT2D eigenvalue weighted by atomic mass is 16.6. The van der Waals surface area contributed by atoms with E-state index >= 15 is 0 Å². The molecule has 0 bridgehead atoms. The number of ether oxygens (including phenoxy) is 3. The minimum atomic E-state index is -1.06. The van der Waals surface area contributed by atoms with Crippen LogP contribution in [-0.4, -0.2) is 22.6 Å². The molecule has 1 N–H and O–H groups in total. The minimum absolute atomic E-state index is 0.0276. The Morgan fingerprint density at radius 1 is 0.780 bits per heavy atom. The van der Waals surface area contributed by atoms with Crippen molar-refractivity contribution in [3.8, 4) is 23.0 Å². The molecular formula is C44H64O6. The number of aromatic hydroxyl groups is 1. The first-order valence-corrected chi connectivity index (χ1v) is 20.0. The number of unbranched alkanes of at least 4 members (excludes halogenated alkanes) is 4. The molecule has 0 saturated heterocycles. The van der Waals surface area contributed by atoms with Gasteiger partial charge in [0, 0.05) is 17.0 Å². The third-order valence-corrected chi connectivity index (χ3v) is 12.2. The summed E-state index contributed by atoms with van der Waals surface area (Å²) in [6.07, 6.45) is 14.2. The highest BCUT2D eigenvalue weighted by Gasteiger charge is 2.47. The van der Waals surface area contributed by atoms with Crippen molar-refractivity contribution in [1.29, 1.82) is 0 Å². The Bertz CT molecular complexity index is 1490. The van der Waals surface area contributed by atoms with E-state index in [1.165, 1.54) is 0 Å². The van der Waals surface area contributed by atoms with Gasteiger partial charge in [-0.25, -0.2) is 9.59 Å². The van der Waals surface area contributed by atoms with E-state index in [-0.39, 0.29) is 29.1 Å². The first-order chi connectivity index (χ1) is 23.8. The van der Waals surface area contributed by atoms with Gasteiger partial charge in [0.15, 0.2) is 0 Å². The first kappa shape index (κ1) is 38.2. The lowest BCUT2D eigenvalue weighted by atomic mass is 9.64. The molecule has 0 amide bonds. The molecule has 3 aliphatic rings. The van der Waals surface area contributed by atoms with Crippen molar-refractivity contribution in [2.45, 2.75) is 163 Å². The zero-order valence-electron chi connectivity index (χ0n) is 32.2. The molecule has 0 spiro atoms. The highest BCUT2D eigenvalue weighted by Crippen LogP contribution is 2.56. The number of hydrogen-bond donors (Lipinski definition) is 1. The van der Waals surface area contributed by atoms with Gasteiger partial charge in [0.05, 0.1) is 0 Å². The summed E-state index contributed by atoms with van der Waals surface area (Å²) in [5.41, 5.74) is 3.18. The lowest BCUT2D eigenvalue weighted by Gasteiger charge is -2.49. The summed E-state index contributed by atoms with van der Waals surface area (Å²) >= 11 is 0. The second kappa shape index (κ2) is 16.5. The molecule has 0 aromatic heterocycles. The largest absolute Gasteiger partial charge is 0.508 e. The standard InChI is InChI=1S/C44H64O6/c1-9-11-13-15-30-23-36(45)40(33-21-28(5)17-19-32(33)27(3)4)37(24-30)48-42(46)43(47)49-38-25-31(16-14-12-10-2)26-39-41(38)34-22-29(6)18-20-35(34)44(7,8)50-39/h23-29,32-35,45H,9-22H2,1-8H3/t28-,29+,32-,33+,34+,35+/m0/s1. The quantitative estimate of drug-likeness (QED) is 0.103. The topological polar surface area (TPSA) is 82.1 Å². The van der Waals surface area contributed by atoms with Crippen molar-refractivity contribution in [2.24, 2.45) is 29.6 Å². The molecule has 5 rings (SSSR count). The zero-order chi connectivity index (χ0) is 36.2. The SMILES string of the molecule is CCCCCc1cc(OC(=O)C(=O)Oc2cc(CCCCC)cc(O)c2[C@@H]2C[C@@H](C)CC[C@H]2C(C)C)c2c(c1)OC(C)(C)[C@@H]1CC[C@@H](C)C[C@@H]21. The van der Waals surface area contributed by atoms with Gasteiger partial charge in [0.2, 0.25) is 0 Å². The van der Waals surface area contributed by atoms with Crippen molar-refractivity contribution in [1.82, 2.24) is 0 Å². The van der Waals surface area contributed by atoms with Crippen LogP contribution in [0.3, 0.4) is 0 Å². The van der Waals surface area contributed by atoms with Crippen LogP contribution >= 0.6 is 0 Å². The molecular weight excluding hydrogens is 624 g/mol. The number of phenolic OH excluding ortho intramolecular Hbond substituents is 1. The first-order valence-electron chi connectivity index (χ1n) is 20.0. The monoisotopic (exact) mass is 688 g/mol. The van der Waals surface area contributed by atoms with Crippen molar-refractivity contribution < 1.29 is 28.9 Å². The molecule has 50 heavy (non-hydrogen) atoms. The van der Waals surface area contributed by atoms with Gasteiger partial charge in [0.1, 0.15) is 28.6 Å². The van der Waals surface area contributed by atoms with E-state index in [0.29, 0.717) is 40.7 Å². The third kappa shape index (κ3) is 8.70. The Morgan fingerprint density at radius 2 is 1.32 bits per heavy atom. The van der Waals surface area contributed by atoms with Crippen molar-refractivity contribution in [2.75, 3.05) is 0 Å². The average molecular weight is 689 g/mol. The van der Waals surface area contributed by atoms with Gasteiger partial charge in [0.25, 0.3) is 0 Å². The molecule has 2 aromatic rings. The van der Waals surface area contributed by atoms with Crippen LogP contribution in [0.1, 0.15) is 167 Å². The lowest BCUT2D eigenvalue weighted by Crippen LogP contribution is -2.47. The van der Waals surface area contributed by atoms with E-state index in [4.69, 9.17) is 14.2 Å². The van der Waals surface area contributed by atoms with Crippen LogP contribution in [0.4, 0.5) is 0 Å². The molecule has 2 aliphatic carbocycles. The third-order valence-electron chi connectivity index (χ3n) is 12.2. The van der Waals surface area contributed by atoms with Crippen molar-refractivity contribution >= 4 is 11.9 Å². The Labute approximate surface area is 302 Å². The molecule has 276 valence electrons. The Kier molecular flexibility index (Phi) is 12.6. The molecule has 6 nitrogen and oxygen atoms in total. The molecule has 0 radical (unpaired) electrons. The molecule has 2 fully saturated rings. The van der Waals surface area contributed by atoms with Gasteiger partial charge in [-0.2, -0.15) is 0 Å². The lowest BCUT2D eigenvalue weighted by molar-refractivity contribution is -0.156. The molecule has 0 unspecified atom stereocenters. The second-order valence-corrected chi connectivity index (χ2v) is 17.0. The predicted molar refractivity (Wildman–Crippen MR) is 200 cm³/mol. The molecule has 1 aliphatic heterocycles. The summed E-state index contributed by atoms with van der Waals surface area (Å²) in [5, 5.41) is 11.6. The zero-order valence-corrected chi connectivity index (χ0v) is 32.2. The van der Waals surface area contributed by atoms with Gasteiger partial charge in [-0.1, -0.05) is 80.1 Å². The number of aryl methyl sites for hydroxylation is 2. The normalized spacial score (nSPS) is 25.7. The number of fused-ring (bicyclic) bond motifs is 3. The second-order valence-electron chi connectivity index (χ2n) is 17.0. The van der Waals surface area contributed by atoms with E-state index in [1.54, 1.807) is 0 Å². The van der Waals surface area contributed by atoms with Gasteiger partial charge in [-0.3, -0.25) is 0 Å². The van der Waals surface area contributed by atoms with Gasteiger partial charge in [-0.05, 0) is 136 Å². The van der Waals surface area contributed by atoms with E-state index in [1.807, 2.05) is 18.2 Å². The van der Waals surface area contributed by atoms with Gasteiger partial charge in [-0.15, -0.1) is 0 Å². The van der Waals surface area contributed by atoms with E-state index in [0.717, 1.165) is 112 Å². The number of carbonyl (C=O) groups is 2. The Balaban J connectivity index is 1.48. The van der Waals surface area contributed by atoms with Gasteiger partial charge >= 0.3 is 11.9 Å². The molecule has 1 heterocycles. The number of hydrogen-bond acceptors (Lipinski definition) is 6. The molecule has 6 heteroatoms. The molecule has 2 aromatic carbocycles. The number of phenols is 1. The van der Waals surface area contributed by atoms with Crippen LogP contribution in [0.25, 0.3) is 0 Å². The number of carbonyl (C=O) groups excluding carboxylic acids is 2. The fourth-order valence-electron chi connectivity index (χ4n) is 9.47. The number of benzene rings is 2. The van der Waals surface area contributed by atoms with Crippen LogP contribution in [0.15, 0.2) is 24.3 Å². The van der Waals surface area contributed by atoms with Crippen LogP contribution in [-0.2, 0) is 22.4 Å². The van der Waals surface area contributed by atoms with Crippen LogP contribution < -0.4 is 14.2 Å². The summed E-state index contributed by atoms with van der Waals surface area (Å²) in [6.45, 7) is 17.7. The predicted octanol–water partition coefficient (Wildman–Crippen LogP) is 11.2. The fraction of sp³-hybridized carbons (Fsp3) is 0.682. The van der Waals surface area contributed by atoms with Crippen LogP contribution in [0.5, 0.6) is 23.0 Å². The van der Waals surface area contributed by atoms with Crippen LogP contribution in [0, 0.1) is 29.6 Å². The average Bonchev–Trinajstić information content (AvgIpc) is 3.04. The summed E-state index contributed by atoms with van der Waals surface area (Å²) < 4.78 is 18.8. The highest BCUT2D eigenvalue weighted by molar-refractivity contribution is 6.31. The smallest absolute Gasteiger partial charge is 0.423 e. The number of esters is 2. The maximum Gasteiger partial charge on any atom is 0.423 e. The van der Waals surface area contributed by atoms with Crippen molar-refractivity contribution in [3.63, 3.8) is 0 Å². The summed E-state index contributed by atoms with van der Waals surface area (Å²) in [6, 6.07) is 7.82. The number of rotatable bonds is 12. The minimum Gasteiger partial charge on any atom is -0.508 e.